The molecule has 1 aromatic heterocycles. The Hall–Kier alpha value is -2.40. The Bertz CT molecular complexity index is 807. The maximum atomic E-state index is 12.6. The van der Waals surface area contributed by atoms with Gasteiger partial charge in [-0.2, -0.15) is 13.2 Å². The number of alkyl halides is 3. The second-order valence-electron chi connectivity index (χ2n) is 5.33. The highest BCUT2D eigenvalue weighted by molar-refractivity contribution is 5.81. The molecule has 1 heterocycles. The highest BCUT2D eigenvalue weighted by Gasteiger charge is 2.30. The molecule has 3 aromatic rings. The number of para-hydroxylation sites is 1. The number of hydrogen-bond donors (Lipinski definition) is 1. The number of nitrogens with zero attached hydrogens (tertiary/aromatic N) is 1. The van der Waals surface area contributed by atoms with Crippen molar-refractivity contribution in [2.45, 2.75) is 18.7 Å². The largest absolute Gasteiger partial charge is 0.416 e. The standard InChI is InChI=1S/C18H14F3NO/c19-18(20,21)14-7-5-12(6-8-14)17(23)11-13-9-10-22-16-4-2-1-3-15(13)16/h1-10,17,23H,11H2/t17-/m1/s1. The van der Waals surface area contributed by atoms with Crippen LogP contribution in [-0.2, 0) is 12.6 Å². The third kappa shape index (κ3) is 3.35. The second kappa shape index (κ2) is 6.01. The Morgan fingerprint density at radius 1 is 0.957 bits per heavy atom. The van der Waals surface area contributed by atoms with Crippen molar-refractivity contribution in [3.05, 3.63) is 77.5 Å². The summed E-state index contributed by atoms with van der Waals surface area (Å²) in [6.45, 7) is 0. The van der Waals surface area contributed by atoms with Crippen LogP contribution in [0.25, 0.3) is 10.9 Å². The topological polar surface area (TPSA) is 33.1 Å². The van der Waals surface area contributed by atoms with Crippen molar-refractivity contribution < 1.29 is 18.3 Å². The Kier molecular flexibility index (Phi) is 4.05. The van der Waals surface area contributed by atoms with Gasteiger partial charge in [-0.05, 0) is 35.4 Å². The van der Waals surface area contributed by atoms with Gasteiger partial charge in [-0.15, -0.1) is 0 Å². The number of aromatic nitrogens is 1. The molecular weight excluding hydrogens is 303 g/mol. The van der Waals surface area contributed by atoms with Crippen LogP contribution in [-0.4, -0.2) is 10.1 Å². The monoisotopic (exact) mass is 317 g/mol. The summed E-state index contributed by atoms with van der Waals surface area (Å²) < 4.78 is 37.7. The maximum absolute atomic E-state index is 12.6. The van der Waals surface area contributed by atoms with Crippen LogP contribution in [0.4, 0.5) is 13.2 Å². The smallest absolute Gasteiger partial charge is 0.388 e. The molecule has 2 nitrogen and oxygen atoms in total. The predicted molar refractivity (Wildman–Crippen MR) is 81.9 cm³/mol. The van der Waals surface area contributed by atoms with Crippen molar-refractivity contribution >= 4 is 10.9 Å². The molecule has 1 atom stereocenters. The predicted octanol–water partition coefficient (Wildman–Crippen LogP) is 4.53. The van der Waals surface area contributed by atoms with Gasteiger partial charge in [0.15, 0.2) is 0 Å². The summed E-state index contributed by atoms with van der Waals surface area (Å²) in [6.07, 6.45) is -3.26. The van der Waals surface area contributed by atoms with Gasteiger partial charge in [0.25, 0.3) is 0 Å². The van der Waals surface area contributed by atoms with Crippen molar-refractivity contribution in [2.75, 3.05) is 0 Å². The lowest BCUT2D eigenvalue weighted by Crippen LogP contribution is -2.07. The van der Waals surface area contributed by atoms with Crippen molar-refractivity contribution in [3.63, 3.8) is 0 Å². The minimum atomic E-state index is -4.37. The molecule has 0 saturated carbocycles. The van der Waals surface area contributed by atoms with Gasteiger partial charge in [-0.25, -0.2) is 0 Å². The second-order valence-corrected chi connectivity index (χ2v) is 5.33. The number of rotatable bonds is 3. The fraction of sp³-hybridized carbons (Fsp3) is 0.167. The van der Waals surface area contributed by atoms with E-state index >= 15 is 0 Å². The van der Waals surface area contributed by atoms with Gasteiger partial charge in [-0.1, -0.05) is 30.3 Å². The van der Waals surface area contributed by atoms with Crippen LogP contribution in [0.1, 0.15) is 22.8 Å². The average Bonchev–Trinajstić information content (AvgIpc) is 2.54. The van der Waals surface area contributed by atoms with Gasteiger partial charge in [0, 0.05) is 18.0 Å². The fourth-order valence-corrected chi connectivity index (χ4v) is 2.55. The van der Waals surface area contributed by atoms with E-state index in [0.717, 1.165) is 28.6 Å². The van der Waals surface area contributed by atoms with E-state index in [2.05, 4.69) is 4.98 Å². The fourth-order valence-electron chi connectivity index (χ4n) is 2.55. The maximum Gasteiger partial charge on any atom is 0.416 e. The molecule has 2 aromatic carbocycles. The van der Waals surface area contributed by atoms with E-state index in [1.54, 1.807) is 6.20 Å². The average molecular weight is 317 g/mol. The summed E-state index contributed by atoms with van der Waals surface area (Å²) >= 11 is 0. The molecule has 0 aliphatic rings. The zero-order valence-corrected chi connectivity index (χ0v) is 12.1. The number of hydrogen-bond acceptors (Lipinski definition) is 2. The van der Waals surface area contributed by atoms with Gasteiger partial charge in [0.2, 0.25) is 0 Å². The summed E-state index contributed by atoms with van der Waals surface area (Å²) in [6, 6.07) is 14.0. The lowest BCUT2D eigenvalue weighted by Gasteiger charge is -2.14. The number of fused-ring (bicyclic) bond motifs is 1. The number of benzene rings is 2. The summed E-state index contributed by atoms with van der Waals surface area (Å²) in [5, 5.41) is 11.3. The van der Waals surface area contributed by atoms with Crippen LogP contribution >= 0.6 is 0 Å². The molecule has 23 heavy (non-hydrogen) atoms. The Balaban J connectivity index is 1.85. The lowest BCUT2D eigenvalue weighted by atomic mass is 9.98. The van der Waals surface area contributed by atoms with E-state index in [-0.39, 0.29) is 0 Å². The molecule has 5 heteroatoms. The highest BCUT2D eigenvalue weighted by atomic mass is 19.4. The Morgan fingerprint density at radius 3 is 2.35 bits per heavy atom. The van der Waals surface area contributed by atoms with Crippen LogP contribution < -0.4 is 0 Å². The lowest BCUT2D eigenvalue weighted by molar-refractivity contribution is -0.137. The summed E-state index contributed by atoms with van der Waals surface area (Å²) in [5.41, 5.74) is 1.47. The van der Waals surface area contributed by atoms with E-state index in [1.807, 2.05) is 30.3 Å². The number of aliphatic hydroxyl groups excluding tert-OH is 1. The van der Waals surface area contributed by atoms with Gasteiger partial charge in [-0.3, -0.25) is 4.98 Å². The SMILES string of the molecule is O[C@H](Cc1ccnc2ccccc12)c1ccc(C(F)(F)F)cc1. The van der Waals surface area contributed by atoms with Crippen LogP contribution in [0.3, 0.4) is 0 Å². The third-order valence-electron chi connectivity index (χ3n) is 3.78. The molecule has 0 fully saturated rings. The normalized spacial score (nSPS) is 13.2. The molecule has 118 valence electrons. The van der Waals surface area contributed by atoms with E-state index in [9.17, 15) is 18.3 Å². The number of pyridine rings is 1. The molecule has 0 spiro atoms. The molecule has 0 aliphatic carbocycles. The van der Waals surface area contributed by atoms with Crippen molar-refractivity contribution in [3.8, 4) is 0 Å². The van der Waals surface area contributed by atoms with Gasteiger partial charge >= 0.3 is 6.18 Å². The van der Waals surface area contributed by atoms with E-state index in [1.165, 1.54) is 12.1 Å². The molecule has 3 rings (SSSR count). The number of aliphatic hydroxyl groups is 1. The Morgan fingerprint density at radius 2 is 1.65 bits per heavy atom. The summed E-state index contributed by atoms with van der Waals surface area (Å²) in [4.78, 5) is 4.25. The highest BCUT2D eigenvalue weighted by Crippen LogP contribution is 2.30. The van der Waals surface area contributed by atoms with Crippen LogP contribution in [0, 0.1) is 0 Å². The molecular formula is C18H14F3NO. The zero-order valence-electron chi connectivity index (χ0n) is 12.1. The van der Waals surface area contributed by atoms with Crippen molar-refractivity contribution in [1.82, 2.24) is 4.98 Å². The summed E-state index contributed by atoms with van der Waals surface area (Å²) in [7, 11) is 0. The first-order valence-corrected chi connectivity index (χ1v) is 7.13. The molecule has 0 radical (unpaired) electrons. The molecule has 0 unspecified atom stereocenters. The molecule has 0 bridgehead atoms. The Labute approximate surface area is 131 Å². The quantitative estimate of drug-likeness (QED) is 0.770. The third-order valence-corrected chi connectivity index (χ3v) is 3.78. The van der Waals surface area contributed by atoms with Gasteiger partial charge < -0.3 is 5.11 Å². The first-order valence-electron chi connectivity index (χ1n) is 7.13. The first-order chi connectivity index (χ1) is 10.9. The first kappa shape index (κ1) is 15.5. The van der Waals surface area contributed by atoms with E-state index in [4.69, 9.17) is 0 Å². The zero-order chi connectivity index (χ0) is 16.4. The van der Waals surface area contributed by atoms with E-state index in [0.29, 0.717) is 12.0 Å². The molecule has 1 N–H and O–H groups in total. The van der Waals surface area contributed by atoms with E-state index < -0.39 is 17.8 Å². The van der Waals surface area contributed by atoms with Gasteiger partial charge in [0.1, 0.15) is 0 Å². The van der Waals surface area contributed by atoms with Crippen molar-refractivity contribution in [2.24, 2.45) is 0 Å². The minimum Gasteiger partial charge on any atom is -0.388 e. The van der Waals surface area contributed by atoms with Crippen LogP contribution in [0.2, 0.25) is 0 Å². The van der Waals surface area contributed by atoms with Gasteiger partial charge in [0.05, 0.1) is 17.2 Å². The molecule has 0 aliphatic heterocycles. The van der Waals surface area contributed by atoms with Crippen LogP contribution in [0.5, 0.6) is 0 Å². The molecule has 0 saturated heterocycles. The number of halogens is 3. The van der Waals surface area contributed by atoms with Crippen LogP contribution in [0.15, 0.2) is 60.8 Å². The minimum absolute atomic E-state index is 0.314. The van der Waals surface area contributed by atoms with Crippen molar-refractivity contribution in [1.29, 1.82) is 0 Å². The molecule has 0 amide bonds. The summed E-state index contributed by atoms with van der Waals surface area (Å²) in [5.74, 6) is 0.